The van der Waals surface area contributed by atoms with Crippen molar-refractivity contribution in [2.45, 2.75) is 33.3 Å². The number of amides is 4. The first-order valence-corrected chi connectivity index (χ1v) is 26.3. The number of carbonyl (C=O) groups is 4. The minimum atomic E-state index is -0.397. The van der Waals surface area contributed by atoms with E-state index in [9.17, 15) is 19.2 Å². The first-order chi connectivity index (χ1) is 30.6. The zero-order chi connectivity index (χ0) is 45.7. The quantitative estimate of drug-likeness (QED) is 0.0870. The lowest BCUT2D eigenvalue weighted by atomic mass is 10.2. The van der Waals surface area contributed by atoms with Crippen LogP contribution < -0.4 is 0 Å². The van der Waals surface area contributed by atoms with E-state index in [0.29, 0.717) is 82.6 Å². The van der Waals surface area contributed by atoms with E-state index < -0.39 is 11.8 Å². The molecule has 2 fully saturated rings. The fraction of sp³-hybridized carbons (Fsp3) is 0.0952. The zero-order valence-electron chi connectivity index (χ0n) is 32.0. The summed E-state index contributed by atoms with van der Waals surface area (Å²) >= 11 is 56.1. The van der Waals surface area contributed by atoms with Crippen molar-refractivity contribution in [3.05, 3.63) is 167 Å². The van der Waals surface area contributed by atoms with Gasteiger partial charge in [0.1, 0.15) is 10.3 Å². The van der Waals surface area contributed by atoms with E-state index in [0.717, 1.165) is 53.1 Å². The number of carbonyl (C=O) groups excluding carboxylic acids is 4. The monoisotopic (exact) mass is 1120 g/mol. The van der Waals surface area contributed by atoms with Crippen LogP contribution in [-0.2, 0) is 34.2 Å². The van der Waals surface area contributed by atoms with Gasteiger partial charge in [0.2, 0.25) is 0 Å². The highest BCUT2D eigenvalue weighted by atomic mass is 35.5. The number of thioether (sulfide) groups is 4. The van der Waals surface area contributed by atoms with Gasteiger partial charge in [-0.3, -0.25) is 29.0 Å². The van der Waals surface area contributed by atoms with Gasteiger partial charge in [0, 0.05) is 41.6 Å². The first-order valence-electron chi connectivity index (χ1n) is 18.1. The third kappa shape index (κ3) is 13.0. The molecule has 4 amide bonds. The standard InChI is InChI=1S/2C21H12Cl4N2O2S3/c2*22-13-4-1-11(2-5-13)10-30-20-26-18(25)16(31-20)8-17-19(28)27(21(29)32-17)9-12-3-6-14(23)7-15(12)24/h2*1-8H,9-10H2/b2*17-8-. The topological polar surface area (TPSA) is 101 Å². The minimum Gasteiger partial charge on any atom is -0.268 e. The van der Waals surface area contributed by atoms with Gasteiger partial charge in [-0.15, -0.1) is 22.7 Å². The summed E-state index contributed by atoms with van der Waals surface area (Å²) in [6, 6.07) is 25.0. The van der Waals surface area contributed by atoms with Gasteiger partial charge in [-0.25, -0.2) is 9.97 Å². The number of aromatic nitrogens is 2. The second kappa shape index (κ2) is 22.6. The summed E-state index contributed by atoms with van der Waals surface area (Å²) in [6.07, 6.45) is 3.22. The molecule has 2 saturated heterocycles. The molecule has 0 saturated carbocycles. The smallest absolute Gasteiger partial charge is 0.268 e. The third-order valence-corrected chi connectivity index (χ3v) is 17.4. The Balaban J connectivity index is 0.000000191. The van der Waals surface area contributed by atoms with Gasteiger partial charge in [-0.1, -0.05) is 153 Å². The van der Waals surface area contributed by atoms with E-state index >= 15 is 0 Å². The van der Waals surface area contributed by atoms with Crippen LogP contribution in [0.4, 0.5) is 9.59 Å². The normalized spacial score (nSPS) is 15.2. The predicted octanol–water partition coefficient (Wildman–Crippen LogP) is 16.6. The summed E-state index contributed by atoms with van der Waals surface area (Å²) in [5.74, 6) is 0.620. The number of hydrogen-bond acceptors (Lipinski definition) is 12. The maximum Gasteiger partial charge on any atom is 0.293 e. The summed E-state index contributed by atoms with van der Waals surface area (Å²) in [5.41, 5.74) is 3.48. The molecule has 0 radical (unpaired) electrons. The number of rotatable bonds is 12. The molecule has 0 atom stereocenters. The lowest BCUT2D eigenvalue weighted by Gasteiger charge is -2.13. The maximum absolute atomic E-state index is 12.8. The minimum absolute atomic E-state index is 0.0661. The van der Waals surface area contributed by atoms with Crippen LogP contribution in [-0.4, -0.2) is 42.1 Å². The summed E-state index contributed by atoms with van der Waals surface area (Å²) in [4.78, 5) is 63.4. The lowest BCUT2D eigenvalue weighted by molar-refractivity contribution is -0.124. The molecule has 2 aliphatic heterocycles. The van der Waals surface area contributed by atoms with Crippen molar-refractivity contribution in [2.24, 2.45) is 0 Å². The number of nitrogens with zero attached hydrogens (tertiary/aromatic N) is 4. The second-order valence-corrected chi connectivity index (χ2v) is 22.9. The lowest BCUT2D eigenvalue weighted by Crippen LogP contribution is -2.27. The molecule has 0 unspecified atom stereocenters. The number of thiazole rings is 2. The van der Waals surface area contributed by atoms with E-state index in [-0.39, 0.29) is 23.6 Å². The molecule has 8 rings (SSSR count). The van der Waals surface area contributed by atoms with Crippen molar-refractivity contribution >= 4 is 197 Å². The van der Waals surface area contributed by atoms with Crippen molar-refractivity contribution in [1.29, 1.82) is 0 Å². The van der Waals surface area contributed by atoms with E-state index in [4.69, 9.17) is 92.8 Å². The van der Waals surface area contributed by atoms with Crippen LogP contribution >= 0.6 is 163 Å². The van der Waals surface area contributed by atoms with Crippen molar-refractivity contribution in [1.82, 2.24) is 19.8 Å². The summed E-state index contributed by atoms with van der Waals surface area (Å²) < 4.78 is 1.53. The third-order valence-electron chi connectivity index (χ3n) is 8.69. The van der Waals surface area contributed by atoms with Crippen LogP contribution in [0.3, 0.4) is 0 Å². The van der Waals surface area contributed by atoms with Gasteiger partial charge in [0.25, 0.3) is 22.3 Å². The molecule has 4 aromatic carbocycles. The average molecular weight is 1120 g/mol. The molecule has 2 aromatic heterocycles. The summed E-state index contributed by atoms with van der Waals surface area (Å²) in [6.45, 7) is 0.132. The van der Waals surface area contributed by atoms with Gasteiger partial charge in [-0.2, -0.15) is 0 Å². The fourth-order valence-corrected chi connectivity index (χ4v) is 13.1. The summed E-state index contributed by atoms with van der Waals surface area (Å²) in [5, 5.41) is 2.98. The van der Waals surface area contributed by atoms with E-state index in [1.165, 1.54) is 46.2 Å². The highest BCUT2D eigenvalue weighted by molar-refractivity contribution is 8.18. The van der Waals surface area contributed by atoms with Crippen LogP contribution in [0.15, 0.2) is 103 Å². The largest absolute Gasteiger partial charge is 0.293 e. The van der Waals surface area contributed by atoms with Gasteiger partial charge >= 0.3 is 0 Å². The van der Waals surface area contributed by atoms with Crippen molar-refractivity contribution in [2.75, 3.05) is 0 Å². The highest BCUT2D eigenvalue weighted by Gasteiger charge is 2.37. The van der Waals surface area contributed by atoms with E-state index in [2.05, 4.69) is 9.97 Å². The molecule has 22 heteroatoms. The SMILES string of the molecule is O=C1S/C(=C\c2sc(SCc3ccc(Cl)cc3)nc2Cl)C(=O)N1Cc1ccc(Cl)cc1Cl.O=C1S/C(=C\c2sc(SCc3ccc(Cl)cc3)nc2Cl)C(=O)N1Cc1ccc(Cl)cc1Cl. The Bertz CT molecular complexity index is 2650. The molecule has 8 nitrogen and oxygen atoms in total. The number of halogens is 8. The van der Waals surface area contributed by atoms with Crippen molar-refractivity contribution < 1.29 is 19.2 Å². The highest BCUT2D eigenvalue weighted by Crippen LogP contribution is 2.41. The van der Waals surface area contributed by atoms with Crippen LogP contribution in [0.25, 0.3) is 12.2 Å². The van der Waals surface area contributed by atoms with Crippen LogP contribution in [0.2, 0.25) is 40.4 Å². The second-order valence-electron chi connectivity index (χ2n) is 13.1. The molecule has 2 aliphatic rings. The average Bonchev–Trinajstić information content (AvgIpc) is 3.95. The molecule has 0 bridgehead atoms. The Morgan fingerprint density at radius 2 is 0.859 bits per heavy atom. The maximum atomic E-state index is 12.8. The Morgan fingerprint density at radius 3 is 1.22 bits per heavy atom. The van der Waals surface area contributed by atoms with Crippen molar-refractivity contribution in [3.63, 3.8) is 0 Å². The van der Waals surface area contributed by atoms with Gasteiger partial charge in [0.05, 0.1) is 32.7 Å². The van der Waals surface area contributed by atoms with Gasteiger partial charge in [0.15, 0.2) is 8.68 Å². The molecular weight excluding hydrogens is 1100 g/mol. The first kappa shape index (κ1) is 49.5. The molecule has 328 valence electrons. The molecule has 0 N–H and O–H groups in total. The number of imide groups is 2. The van der Waals surface area contributed by atoms with Gasteiger partial charge in [-0.05, 0) is 106 Å². The van der Waals surface area contributed by atoms with Gasteiger partial charge < -0.3 is 0 Å². The molecule has 6 aromatic rings. The fourth-order valence-electron chi connectivity index (χ4n) is 5.49. The van der Waals surface area contributed by atoms with Crippen LogP contribution in [0.1, 0.15) is 32.0 Å². The van der Waals surface area contributed by atoms with E-state index in [1.807, 2.05) is 48.5 Å². The molecule has 0 aliphatic carbocycles. The molecule has 0 spiro atoms. The Labute approximate surface area is 432 Å². The Kier molecular flexibility index (Phi) is 17.5. The molecular formula is C42H24Cl8N4O4S6. The Hall–Kier alpha value is -2.38. The predicted molar refractivity (Wildman–Crippen MR) is 272 cm³/mol. The Morgan fingerprint density at radius 1 is 0.500 bits per heavy atom. The van der Waals surface area contributed by atoms with Crippen molar-refractivity contribution in [3.8, 4) is 0 Å². The molecule has 4 heterocycles. The molecule has 64 heavy (non-hydrogen) atoms. The van der Waals surface area contributed by atoms with E-state index in [1.54, 1.807) is 48.6 Å². The van der Waals surface area contributed by atoms with Crippen LogP contribution in [0, 0.1) is 0 Å². The number of hydrogen-bond donors (Lipinski definition) is 0. The number of benzene rings is 4. The summed E-state index contributed by atoms with van der Waals surface area (Å²) in [7, 11) is 0. The zero-order valence-corrected chi connectivity index (χ0v) is 42.9. The van der Waals surface area contributed by atoms with Crippen LogP contribution in [0.5, 0.6) is 0 Å².